The molecule has 2 atom stereocenters. The van der Waals surface area contributed by atoms with Gasteiger partial charge in [-0.2, -0.15) is 0 Å². The molecule has 1 aromatic rings. The second kappa shape index (κ2) is 5.40. The summed E-state index contributed by atoms with van der Waals surface area (Å²) < 4.78 is 13.6. The number of halogens is 2. The molecule has 0 radical (unpaired) electrons. The SMILES string of the molecule is CC1(C(=O)O)CCCC1NC(=O)c1cc(Cl)ccc1F. The molecule has 1 aliphatic carbocycles. The first-order valence-corrected chi connectivity index (χ1v) is 6.71. The molecule has 1 saturated carbocycles. The van der Waals surface area contributed by atoms with E-state index in [-0.39, 0.29) is 10.6 Å². The summed E-state index contributed by atoms with van der Waals surface area (Å²) in [5, 5.41) is 12.1. The second-order valence-corrected chi connectivity index (χ2v) is 5.70. The summed E-state index contributed by atoms with van der Waals surface area (Å²) in [6.45, 7) is 1.60. The summed E-state index contributed by atoms with van der Waals surface area (Å²) in [4.78, 5) is 23.4. The monoisotopic (exact) mass is 299 g/mol. The lowest BCUT2D eigenvalue weighted by molar-refractivity contribution is -0.148. The first kappa shape index (κ1) is 14.8. The Balaban J connectivity index is 2.19. The van der Waals surface area contributed by atoms with E-state index in [1.807, 2.05) is 0 Å². The molecule has 4 nitrogen and oxygen atoms in total. The number of carbonyl (C=O) groups excluding carboxylic acids is 1. The van der Waals surface area contributed by atoms with Gasteiger partial charge in [0, 0.05) is 11.1 Å². The van der Waals surface area contributed by atoms with Gasteiger partial charge in [0.1, 0.15) is 5.82 Å². The molecule has 2 rings (SSSR count). The number of amides is 1. The molecule has 1 amide bonds. The average molecular weight is 300 g/mol. The first-order chi connectivity index (χ1) is 9.34. The van der Waals surface area contributed by atoms with Crippen LogP contribution in [0.1, 0.15) is 36.5 Å². The van der Waals surface area contributed by atoms with Crippen molar-refractivity contribution >= 4 is 23.5 Å². The highest BCUT2D eigenvalue weighted by Gasteiger charge is 2.46. The Morgan fingerprint density at radius 1 is 1.50 bits per heavy atom. The second-order valence-electron chi connectivity index (χ2n) is 5.27. The first-order valence-electron chi connectivity index (χ1n) is 6.34. The number of rotatable bonds is 3. The number of aliphatic carboxylic acids is 1. The molecule has 0 saturated heterocycles. The van der Waals surface area contributed by atoms with Crippen LogP contribution < -0.4 is 5.32 Å². The average Bonchev–Trinajstić information content (AvgIpc) is 2.75. The number of carbonyl (C=O) groups is 2. The molecule has 0 aliphatic heterocycles. The molecule has 1 fully saturated rings. The van der Waals surface area contributed by atoms with Gasteiger partial charge in [-0.3, -0.25) is 9.59 Å². The van der Waals surface area contributed by atoms with E-state index in [2.05, 4.69) is 5.32 Å². The zero-order chi connectivity index (χ0) is 14.9. The predicted molar refractivity (Wildman–Crippen MR) is 72.3 cm³/mol. The highest BCUT2D eigenvalue weighted by atomic mass is 35.5. The van der Waals surface area contributed by atoms with Gasteiger partial charge in [-0.1, -0.05) is 18.0 Å². The van der Waals surface area contributed by atoms with Crippen LogP contribution in [0.25, 0.3) is 0 Å². The van der Waals surface area contributed by atoms with Gasteiger partial charge in [-0.25, -0.2) is 4.39 Å². The van der Waals surface area contributed by atoms with E-state index in [1.54, 1.807) is 6.92 Å². The van der Waals surface area contributed by atoms with Gasteiger partial charge in [0.25, 0.3) is 5.91 Å². The predicted octanol–water partition coefficient (Wildman–Crippen LogP) is 2.85. The summed E-state index contributed by atoms with van der Waals surface area (Å²) in [6.07, 6.45) is 1.77. The maximum atomic E-state index is 13.6. The number of nitrogens with one attached hydrogen (secondary N) is 1. The molecule has 0 spiro atoms. The summed E-state index contributed by atoms with van der Waals surface area (Å²) in [7, 11) is 0. The molecule has 1 aromatic carbocycles. The molecule has 20 heavy (non-hydrogen) atoms. The summed E-state index contributed by atoms with van der Waals surface area (Å²) >= 11 is 5.74. The van der Waals surface area contributed by atoms with E-state index in [0.717, 1.165) is 6.07 Å². The standard InChI is InChI=1S/C14H15ClFNO3/c1-14(13(19)20)6-2-3-11(14)17-12(18)9-7-8(15)4-5-10(9)16/h4-5,7,11H,2-3,6H2,1H3,(H,17,18)(H,19,20). The molecule has 6 heteroatoms. The zero-order valence-corrected chi connectivity index (χ0v) is 11.7. The van der Waals surface area contributed by atoms with Crippen LogP contribution in [0.4, 0.5) is 4.39 Å². The van der Waals surface area contributed by atoms with Crippen molar-refractivity contribution in [2.45, 2.75) is 32.2 Å². The van der Waals surface area contributed by atoms with Crippen LogP contribution in [0.15, 0.2) is 18.2 Å². The zero-order valence-electron chi connectivity index (χ0n) is 11.0. The molecule has 0 heterocycles. The van der Waals surface area contributed by atoms with E-state index < -0.39 is 29.2 Å². The number of hydrogen-bond acceptors (Lipinski definition) is 2. The molecule has 1 aliphatic rings. The molecule has 108 valence electrons. The highest BCUT2D eigenvalue weighted by molar-refractivity contribution is 6.31. The van der Waals surface area contributed by atoms with E-state index in [4.69, 9.17) is 11.6 Å². The van der Waals surface area contributed by atoms with Crippen molar-refractivity contribution < 1.29 is 19.1 Å². The molecule has 0 bridgehead atoms. The number of benzene rings is 1. The summed E-state index contributed by atoms with van der Waals surface area (Å²) in [6, 6.07) is 3.19. The van der Waals surface area contributed by atoms with E-state index in [0.29, 0.717) is 19.3 Å². The van der Waals surface area contributed by atoms with Gasteiger partial charge in [-0.15, -0.1) is 0 Å². The molecule has 0 aromatic heterocycles. The van der Waals surface area contributed by atoms with E-state index >= 15 is 0 Å². The van der Waals surface area contributed by atoms with E-state index in [9.17, 15) is 19.1 Å². The van der Waals surface area contributed by atoms with Crippen molar-refractivity contribution in [1.82, 2.24) is 5.32 Å². The quantitative estimate of drug-likeness (QED) is 0.902. The van der Waals surface area contributed by atoms with Gasteiger partial charge in [-0.05, 0) is 38.0 Å². The normalized spacial score (nSPS) is 25.4. The third-order valence-corrected chi connectivity index (χ3v) is 4.16. The van der Waals surface area contributed by atoms with Crippen molar-refractivity contribution in [3.8, 4) is 0 Å². The molecular formula is C14H15ClFNO3. The minimum atomic E-state index is -1.01. The van der Waals surface area contributed by atoms with Gasteiger partial charge in [0.15, 0.2) is 0 Å². The Bertz CT molecular complexity index is 563. The molecule has 2 unspecified atom stereocenters. The lowest BCUT2D eigenvalue weighted by Crippen LogP contribution is -2.47. The van der Waals surface area contributed by atoms with Gasteiger partial charge in [0.05, 0.1) is 11.0 Å². The van der Waals surface area contributed by atoms with Gasteiger partial charge >= 0.3 is 5.97 Å². The van der Waals surface area contributed by atoms with Crippen LogP contribution in [-0.4, -0.2) is 23.0 Å². The van der Waals surface area contributed by atoms with Gasteiger partial charge < -0.3 is 10.4 Å². The Kier molecular flexibility index (Phi) is 3.99. The van der Waals surface area contributed by atoms with Crippen LogP contribution in [0, 0.1) is 11.2 Å². The van der Waals surface area contributed by atoms with E-state index in [1.165, 1.54) is 12.1 Å². The van der Waals surface area contributed by atoms with Crippen molar-refractivity contribution in [3.63, 3.8) is 0 Å². The fourth-order valence-corrected chi connectivity index (χ4v) is 2.73. The molecule has 2 N–H and O–H groups in total. The Hall–Kier alpha value is -1.62. The maximum absolute atomic E-state index is 13.6. The van der Waals surface area contributed by atoms with Crippen LogP contribution >= 0.6 is 11.6 Å². The van der Waals surface area contributed by atoms with Crippen LogP contribution in [-0.2, 0) is 4.79 Å². The van der Waals surface area contributed by atoms with Crippen molar-refractivity contribution in [3.05, 3.63) is 34.6 Å². The van der Waals surface area contributed by atoms with Crippen LogP contribution in [0.2, 0.25) is 5.02 Å². The molecular weight excluding hydrogens is 285 g/mol. The Labute approximate surface area is 120 Å². The fraction of sp³-hybridized carbons (Fsp3) is 0.429. The Morgan fingerprint density at radius 2 is 2.20 bits per heavy atom. The van der Waals surface area contributed by atoms with Crippen molar-refractivity contribution in [1.29, 1.82) is 0 Å². The van der Waals surface area contributed by atoms with Crippen LogP contribution in [0.5, 0.6) is 0 Å². The minimum Gasteiger partial charge on any atom is -0.481 e. The van der Waals surface area contributed by atoms with Gasteiger partial charge in [0.2, 0.25) is 0 Å². The third kappa shape index (κ3) is 2.63. The number of hydrogen-bond donors (Lipinski definition) is 2. The van der Waals surface area contributed by atoms with Crippen LogP contribution in [0.3, 0.4) is 0 Å². The number of carboxylic acids is 1. The maximum Gasteiger partial charge on any atom is 0.311 e. The fourth-order valence-electron chi connectivity index (χ4n) is 2.56. The van der Waals surface area contributed by atoms with Crippen molar-refractivity contribution in [2.75, 3.05) is 0 Å². The topological polar surface area (TPSA) is 66.4 Å². The number of carboxylic acid groups (broad SMARTS) is 1. The smallest absolute Gasteiger partial charge is 0.311 e. The van der Waals surface area contributed by atoms with Crippen molar-refractivity contribution in [2.24, 2.45) is 5.41 Å². The summed E-state index contributed by atoms with van der Waals surface area (Å²) in [5.74, 6) is -2.27. The lowest BCUT2D eigenvalue weighted by atomic mass is 9.85. The lowest BCUT2D eigenvalue weighted by Gasteiger charge is -2.27. The minimum absolute atomic E-state index is 0.169. The highest BCUT2D eigenvalue weighted by Crippen LogP contribution is 2.38. The Morgan fingerprint density at radius 3 is 2.85 bits per heavy atom. The largest absolute Gasteiger partial charge is 0.481 e. The summed E-state index contributed by atoms with van der Waals surface area (Å²) in [5.41, 5.74) is -1.18. The third-order valence-electron chi connectivity index (χ3n) is 3.92.